The Labute approximate surface area is 119 Å². The van der Waals surface area contributed by atoms with E-state index in [4.69, 9.17) is 0 Å². The lowest BCUT2D eigenvalue weighted by Crippen LogP contribution is -2.04. The quantitative estimate of drug-likeness (QED) is 0.790. The molecule has 0 N–H and O–H groups in total. The molecule has 0 bridgehead atoms. The van der Waals surface area contributed by atoms with Gasteiger partial charge in [-0.15, -0.1) is 0 Å². The second-order valence-corrected chi connectivity index (χ2v) is 5.17. The fourth-order valence-corrected chi connectivity index (χ4v) is 2.09. The first-order valence-corrected chi connectivity index (χ1v) is 7.46. The SMILES string of the molecule is C=C/C=C\C=C\c1ccc(-n2nnnc2S(C)=O)cc1. The van der Waals surface area contributed by atoms with Crippen molar-refractivity contribution in [3.8, 4) is 5.69 Å². The number of rotatable bonds is 5. The number of allylic oxidation sites excluding steroid dienone is 4. The minimum absolute atomic E-state index is 0.335. The molecule has 0 aliphatic carbocycles. The Balaban J connectivity index is 2.22. The van der Waals surface area contributed by atoms with E-state index in [1.807, 2.05) is 48.6 Å². The summed E-state index contributed by atoms with van der Waals surface area (Å²) in [6.45, 7) is 3.60. The van der Waals surface area contributed by atoms with Crippen LogP contribution in [0.2, 0.25) is 0 Å². The Kier molecular flexibility index (Phi) is 4.73. The molecular weight excluding hydrogens is 272 g/mol. The fraction of sp³-hybridized carbons (Fsp3) is 0.0714. The molecule has 20 heavy (non-hydrogen) atoms. The van der Waals surface area contributed by atoms with E-state index in [2.05, 4.69) is 22.1 Å². The van der Waals surface area contributed by atoms with Crippen LogP contribution in [0.15, 0.2) is 60.3 Å². The van der Waals surface area contributed by atoms with Crippen molar-refractivity contribution < 1.29 is 4.21 Å². The second kappa shape index (κ2) is 6.72. The van der Waals surface area contributed by atoms with Crippen molar-refractivity contribution in [2.75, 3.05) is 6.26 Å². The highest BCUT2D eigenvalue weighted by Crippen LogP contribution is 2.12. The highest BCUT2D eigenvalue weighted by Gasteiger charge is 2.10. The van der Waals surface area contributed by atoms with Crippen LogP contribution in [-0.4, -0.2) is 30.7 Å². The molecule has 0 aliphatic rings. The number of tetrazole rings is 1. The van der Waals surface area contributed by atoms with Crippen molar-refractivity contribution in [3.05, 3.63) is 60.7 Å². The monoisotopic (exact) mass is 286 g/mol. The molecule has 2 rings (SSSR count). The summed E-state index contributed by atoms with van der Waals surface area (Å²) in [6.07, 6.45) is 10.9. The van der Waals surface area contributed by atoms with Crippen LogP contribution in [0, 0.1) is 0 Å². The van der Waals surface area contributed by atoms with E-state index < -0.39 is 10.8 Å². The molecule has 1 aromatic heterocycles. The molecule has 0 saturated heterocycles. The molecule has 0 saturated carbocycles. The zero-order valence-electron chi connectivity index (χ0n) is 11.0. The standard InChI is InChI=1S/C14H14N4OS/c1-3-4-5-6-7-12-8-10-13(11-9-12)18-14(20(2)19)15-16-17-18/h3-11H,1H2,2H3/b5-4-,7-6+. The summed E-state index contributed by atoms with van der Waals surface area (Å²) < 4.78 is 13.0. The van der Waals surface area contributed by atoms with Crippen molar-refractivity contribution in [2.45, 2.75) is 5.16 Å². The van der Waals surface area contributed by atoms with Crippen LogP contribution in [0.5, 0.6) is 0 Å². The molecule has 0 amide bonds. The zero-order chi connectivity index (χ0) is 14.4. The number of hydrogen-bond donors (Lipinski definition) is 0. The molecule has 2 aromatic rings. The minimum Gasteiger partial charge on any atom is -0.251 e. The maximum Gasteiger partial charge on any atom is 0.244 e. The van der Waals surface area contributed by atoms with Gasteiger partial charge >= 0.3 is 0 Å². The topological polar surface area (TPSA) is 60.7 Å². The van der Waals surface area contributed by atoms with Crippen LogP contribution in [0.3, 0.4) is 0 Å². The largest absolute Gasteiger partial charge is 0.251 e. The Morgan fingerprint density at radius 3 is 2.60 bits per heavy atom. The van der Waals surface area contributed by atoms with Gasteiger partial charge in [-0.05, 0) is 28.1 Å². The van der Waals surface area contributed by atoms with Crippen LogP contribution in [0.25, 0.3) is 11.8 Å². The Morgan fingerprint density at radius 1 is 1.20 bits per heavy atom. The van der Waals surface area contributed by atoms with E-state index in [0.29, 0.717) is 5.16 Å². The molecular formula is C14H14N4OS. The first-order valence-electron chi connectivity index (χ1n) is 5.90. The maximum absolute atomic E-state index is 11.5. The van der Waals surface area contributed by atoms with Crippen molar-refractivity contribution in [1.29, 1.82) is 0 Å². The third kappa shape index (κ3) is 3.36. The predicted octanol–water partition coefficient (Wildman–Crippen LogP) is 2.16. The molecule has 1 heterocycles. The summed E-state index contributed by atoms with van der Waals surface area (Å²) in [5, 5.41) is 11.5. The first-order chi connectivity index (χ1) is 9.72. The van der Waals surface area contributed by atoms with Crippen molar-refractivity contribution in [2.24, 2.45) is 0 Å². The van der Waals surface area contributed by atoms with Gasteiger partial charge in [-0.1, -0.05) is 54.2 Å². The molecule has 6 heteroatoms. The first kappa shape index (κ1) is 14.1. The maximum atomic E-state index is 11.5. The lowest BCUT2D eigenvalue weighted by Gasteiger charge is -2.02. The number of hydrogen-bond acceptors (Lipinski definition) is 4. The van der Waals surface area contributed by atoms with E-state index >= 15 is 0 Å². The van der Waals surface area contributed by atoms with Gasteiger partial charge in [0, 0.05) is 6.26 Å². The lowest BCUT2D eigenvalue weighted by atomic mass is 10.2. The van der Waals surface area contributed by atoms with E-state index in [1.165, 1.54) is 4.68 Å². The number of benzene rings is 1. The smallest absolute Gasteiger partial charge is 0.244 e. The van der Waals surface area contributed by atoms with Gasteiger partial charge in [0.05, 0.1) is 16.5 Å². The summed E-state index contributed by atoms with van der Waals surface area (Å²) in [4.78, 5) is 0. The van der Waals surface area contributed by atoms with Crippen LogP contribution in [0.1, 0.15) is 5.56 Å². The number of nitrogens with zero attached hydrogens (tertiary/aromatic N) is 4. The Bertz CT molecular complexity index is 671. The van der Waals surface area contributed by atoms with Gasteiger partial charge in [-0.25, -0.2) is 0 Å². The van der Waals surface area contributed by atoms with Gasteiger partial charge in [0.2, 0.25) is 5.16 Å². The molecule has 0 aliphatic heterocycles. The normalized spacial score (nSPS) is 13.1. The summed E-state index contributed by atoms with van der Waals surface area (Å²) >= 11 is 0. The molecule has 0 radical (unpaired) electrons. The van der Waals surface area contributed by atoms with Crippen molar-refractivity contribution >= 4 is 16.9 Å². The summed E-state index contributed by atoms with van der Waals surface area (Å²) in [5.41, 5.74) is 1.83. The highest BCUT2D eigenvalue weighted by atomic mass is 32.2. The van der Waals surface area contributed by atoms with Gasteiger partial charge in [0.1, 0.15) is 0 Å². The van der Waals surface area contributed by atoms with E-state index in [9.17, 15) is 4.21 Å². The molecule has 0 fully saturated rings. The van der Waals surface area contributed by atoms with Crippen molar-refractivity contribution in [1.82, 2.24) is 20.2 Å². The van der Waals surface area contributed by atoms with Gasteiger partial charge in [0.15, 0.2) is 0 Å². The van der Waals surface area contributed by atoms with Crippen LogP contribution < -0.4 is 0 Å². The van der Waals surface area contributed by atoms with Crippen LogP contribution in [-0.2, 0) is 10.8 Å². The second-order valence-electron chi connectivity index (χ2n) is 3.90. The molecule has 102 valence electrons. The third-order valence-corrected chi connectivity index (χ3v) is 3.25. The van der Waals surface area contributed by atoms with Crippen LogP contribution in [0.4, 0.5) is 0 Å². The molecule has 1 atom stereocenters. The average Bonchev–Trinajstić information content (AvgIpc) is 2.94. The highest BCUT2D eigenvalue weighted by molar-refractivity contribution is 7.84. The molecule has 1 aromatic carbocycles. The Morgan fingerprint density at radius 2 is 1.95 bits per heavy atom. The number of aromatic nitrogens is 4. The minimum atomic E-state index is -1.23. The van der Waals surface area contributed by atoms with Gasteiger partial charge < -0.3 is 0 Å². The molecule has 0 spiro atoms. The van der Waals surface area contributed by atoms with Crippen molar-refractivity contribution in [3.63, 3.8) is 0 Å². The summed E-state index contributed by atoms with van der Waals surface area (Å²) in [5.74, 6) is 0. The summed E-state index contributed by atoms with van der Waals surface area (Å²) in [7, 11) is -1.23. The van der Waals surface area contributed by atoms with E-state index in [-0.39, 0.29) is 0 Å². The van der Waals surface area contributed by atoms with E-state index in [1.54, 1.807) is 12.3 Å². The van der Waals surface area contributed by atoms with Gasteiger partial charge in [0.25, 0.3) is 0 Å². The fourth-order valence-electron chi connectivity index (χ4n) is 1.56. The van der Waals surface area contributed by atoms with Crippen LogP contribution >= 0.6 is 0 Å². The molecule has 5 nitrogen and oxygen atoms in total. The zero-order valence-corrected chi connectivity index (χ0v) is 11.8. The van der Waals surface area contributed by atoms with Gasteiger partial charge in [-0.3, -0.25) is 4.21 Å². The predicted molar refractivity (Wildman–Crippen MR) is 79.9 cm³/mol. The third-order valence-electron chi connectivity index (χ3n) is 2.48. The van der Waals surface area contributed by atoms with E-state index in [0.717, 1.165) is 11.3 Å². The summed E-state index contributed by atoms with van der Waals surface area (Å²) in [6, 6.07) is 7.64. The Hall–Kier alpha value is -2.34. The molecule has 1 unspecified atom stereocenters. The van der Waals surface area contributed by atoms with Gasteiger partial charge in [-0.2, -0.15) is 4.68 Å². The average molecular weight is 286 g/mol. The lowest BCUT2D eigenvalue weighted by molar-refractivity contribution is 0.670.